The molecule has 0 saturated heterocycles. The summed E-state index contributed by atoms with van der Waals surface area (Å²) >= 11 is 0. The molecule has 44 heavy (non-hydrogen) atoms. The van der Waals surface area contributed by atoms with E-state index in [9.17, 15) is 9.59 Å². The molecule has 0 amide bonds. The maximum Gasteiger partial charge on any atom is 0.343 e. The van der Waals surface area contributed by atoms with E-state index in [1.165, 1.54) is 14.2 Å². The van der Waals surface area contributed by atoms with Crippen molar-refractivity contribution < 1.29 is 38.0 Å². The van der Waals surface area contributed by atoms with Crippen LogP contribution in [0.25, 0.3) is 0 Å². The van der Waals surface area contributed by atoms with Gasteiger partial charge in [-0.2, -0.15) is 0 Å². The summed E-state index contributed by atoms with van der Waals surface area (Å²) in [4.78, 5) is 24.2. The first-order valence-corrected chi connectivity index (χ1v) is 14.4. The molecule has 8 bridgehead atoms. The van der Waals surface area contributed by atoms with E-state index >= 15 is 0 Å². The number of ether oxygens (including phenoxy) is 6. The van der Waals surface area contributed by atoms with E-state index in [0.29, 0.717) is 37.2 Å². The summed E-state index contributed by atoms with van der Waals surface area (Å²) in [6.45, 7) is -0.421. The SMILES string of the molecule is COC(=O)COc1c2cccc1Cc1cccc(c1OC)Cc1cccc(c1OCC(=O)OC)Cc1cccc(c1OC)C2. The first-order chi connectivity index (χ1) is 21.4. The Labute approximate surface area is 257 Å². The second-order valence-corrected chi connectivity index (χ2v) is 10.5. The Morgan fingerprint density at radius 1 is 0.455 bits per heavy atom. The monoisotopic (exact) mass is 596 g/mol. The van der Waals surface area contributed by atoms with Gasteiger partial charge < -0.3 is 28.4 Å². The van der Waals surface area contributed by atoms with Crippen molar-refractivity contribution in [1.82, 2.24) is 0 Å². The van der Waals surface area contributed by atoms with Gasteiger partial charge in [0, 0.05) is 25.7 Å². The fraction of sp³-hybridized carbons (Fsp3) is 0.278. The molecule has 0 unspecified atom stereocenters. The molecular formula is C36H36O8. The highest BCUT2D eigenvalue weighted by molar-refractivity contribution is 5.71. The summed E-state index contributed by atoms with van der Waals surface area (Å²) in [5.41, 5.74) is 7.49. The highest BCUT2D eigenvalue weighted by Gasteiger charge is 2.22. The summed E-state index contributed by atoms with van der Waals surface area (Å²) < 4.78 is 34.0. The summed E-state index contributed by atoms with van der Waals surface area (Å²) in [5.74, 6) is 1.85. The number of carbonyl (C=O) groups is 2. The number of rotatable bonds is 8. The Bertz CT molecular complexity index is 1450. The van der Waals surface area contributed by atoms with Crippen molar-refractivity contribution in [2.24, 2.45) is 0 Å². The van der Waals surface area contributed by atoms with Crippen molar-refractivity contribution in [2.75, 3.05) is 41.7 Å². The van der Waals surface area contributed by atoms with Gasteiger partial charge in [-0.3, -0.25) is 0 Å². The molecule has 1 aliphatic carbocycles. The maximum absolute atomic E-state index is 12.1. The van der Waals surface area contributed by atoms with Crippen LogP contribution in [0.15, 0.2) is 72.8 Å². The van der Waals surface area contributed by atoms with Gasteiger partial charge in [0.15, 0.2) is 13.2 Å². The minimum Gasteiger partial charge on any atom is -0.496 e. The Balaban J connectivity index is 1.71. The Hall–Kier alpha value is -4.98. The molecule has 0 radical (unpaired) electrons. The molecule has 4 aromatic rings. The van der Waals surface area contributed by atoms with Gasteiger partial charge in [-0.15, -0.1) is 0 Å². The molecule has 0 N–H and O–H groups in total. The number of benzene rings is 4. The zero-order valence-electron chi connectivity index (χ0n) is 25.4. The van der Waals surface area contributed by atoms with Crippen LogP contribution in [0.5, 0.6) is 23.0 Å². The third kappa shape index (κ3) is 6.64. The van der Waals surface area contributed by atoms with Crippen molar-refractivity contribution in [2.45, 2.75) is 25.7 Å². The third-order valence-corrected chi connectivity index (χ3v) is 7.77. The molecule has 0 aromatic heterocycles. The van der Waals surface area contributed by atoms with Gasteiger partial charge in [0.1, 0.15) is 23.0 Å². The van der Waals surface area contributed by atoms with E-state index in [1.54, 1.807) is 14.2 Å². The number of hydrogen-bond donors (Lipinski definition) is 0. The molecule has 228 valence electrons. The Morgan fingerprint density at radius 2 is 0.705 bits per heavy atom. The van der Waals surface area contributed by atoms with Crippen LogP contribution in [0.4, 0.5) is 0 Å². The van der Waals surface area contributed by atoms with E-state index in [4.69, 9.17) is 28.4 Å². The van der Waals surface area contributed by atoms with Crippen LogP contribution in [0.1, 0.15) is 44.5 Å². The van der Waals surface area contributed by atoms with Crippen LogP contribution in [-0.4, -0.2) is 53.6 Å². The summed E-state index contributed by atoms with van der Waals surface area (Å²) in [5, 5.41) is 0. The van der Waals surface area contributed by atoms with E-state index in [-0.39, 0.29) is 13.2 Å². The number of hydrogen-bond acceptors (Lipinski definition) is 8. The standard InChI is InChI=1S/C36H36O8/c1-39-31(37)21-43-35-27-13-7-14-28(35)18-24-10-6-12-26(34(24)42-4)20-30-16-8-15-29(36(30)44-22-32(38)40-2)19-25-11-5-9-23(17-27)33(25)41-3/h5-16H,17-22H2,1-4H3. The van der Waals surface area contributed by atoms with Gasteiger partial charge in [-0.05, 0) is 44.5 Å². The van der Waals surface area contributed by atoms with Crippen molar-refractivity contribution in [1.29, 1.82) is 0 Å². The number of para-hydroxylation sites is 4. The minimum absolute atomic E-state index is 0.210. The van der Waals surface area contributed by atoms with Crippen LogP contribution in [-0.2, 0) is 44.7 Å². The average Bonchev–Trinajstić information content (AvgIpc) is 3.03. The van der Waals surface area contributed by atoms with E-state index in [1.807, 2.05) is 72.8 Å². The van der Waals surface area contributed by atoms with Gasteiger partial charge in [0.25, 0.3) is 0 Å². The van der Waals surface area contributed by atoms with Crippen LogP contribution in [0.3, 0.4) is 0 Å². The summed E-state index contributed by atoms with van der Waals surface area (Å²) in [7, 11) is 6.01. The number of esters is 2. The summed E-state index contributed by atoms with van der Waals surface area (Å²) in [6, 6.07) is 24.1. The van der Waals surface area contributed by atoms with Crippen molar-refractivity contribution in [3.63, 3.8) is 0 Å². The Morgan fingerprint density at radius 3 is 0.932 bits per heavy atom. The molecule has 0 fully saturated rings. The predicted molar refractivity (Wildman–Crippen MR) is 165 cm³/mol. The second-order valence-electron chi connectivity index (χ2n) is 10.5. The maximum atomic E-state index is 12.1. The van der Waals surface area contributed by atoms with Crippen LogP contribution in [0.2, 0.25) is 0 Å². The molecule has 8 nitrogen and oxygen atoms in total. The fourth-order valence-corrected chi connectivity index (χ4v) is 5.76. The first kappa shape index (κ1) is 30.5. The molecule has 8 heteroatoms. The lowest BCUT2D eigenvalue weighted by Gasteiger charge is -2.21. The molecule has 0 aliphatic heterocycles. The van der Waals surface area contributed by atoms with Gasteiger partial charge in [0.05, 0.1) is 28.4 Å². The fourth-order valence-electron chi connectivity index (χ4n) is 5.76. The lowest BCUT2D eigenvalue weighted by atomic mass is 9.91. The molecule has 1 aliphatic rings. The molecule has 5 rings (SSSR count). The minimum atomic E-state index is -0.460. The van der Waals surface area contributed by atoms with Gasteiger partial charge in [-0.1, -0.05) is 72.8 Å². The largest absolute Gasteiger partial charge is 0.496 e. The first-order valence-electron chi connectivity index (χ1n) is 14.4. The van der Waals surface area contributed by atoms with E-state index in [0.717, 1.165) is 56.0 Å². The molecule has 0 spiro atoms. The zero-order valence-corrected chi connectivity index (χ0v) is 25.4. The number of carbonyl (C=O) groups excluding carboxylic acids is 2. The van der Waals surface area contributed by atoms with Gasteiger partial charge >= 0.3 is 11.9 Å². The quantitative estimate of drug-likeness (QED) is 0.218. The second kappa shape index (κ2) is 14.0. The lowest BCUT2D eigenvalue weighted by Crippen LogP contribution is -2.15. The molecule has 0 heterocycles. The normalized spacial score (nSPS) is 12.1. The molecular weight excluding hydrogens is 560 g/mol. The highest BCUT2D eigenvalue weighted by Crippen LogP contribution is 2.38. The van der Waals surface area contributed by atoms with Crippen molar-refractivity contribution in [3.8, 4) is 23.0 Å². The summed E-state index contributed by atoms with van der Waals surface area (Å²) in [6.07, 6.45) is 2.02. The molecule has 0 atom stereocenters. The zero-order chi connectivity index (χ0) is 31.1. The molecule has 0 saturated carbocycles. The van der Waals surface area contributed by atoms with Gasteiger partial charge in [-0.25, -0.2) is 9.59 Å². The Kier molecular flexibility index (Phi) is 9.69. The lowest BCUT2D eigenvalue weighted by molar-refractivity contribution is -0.143. The van der Waals surface area contributed by atoms with E-state index < -0.39 is 11.9 Å². The van der Waals surface area contributed by atoms with Crippen LogP contribution < -0.4 is 18.9 Å². The van der Waals surface area contributed by atoms with Crippen LogP contribution in [0, 0.1) is 0 Å². The highest BCUT2D eigenvalue weighted by atomic mass is 16.6. The average molecular weight is 597 g/mol. The van der Waals surface area contributed by atoms with E-state index in [2.05, 4.69) is 0 Å². The van der Waals surface area contributed by atoms with Gasteiger partial charge in [0.2, 0.25) is 0 Å². The van der Waals surface area contributed by atoms with Crippen molar-refractivity contribution >= 4 is 11.9 Å². The predicted octanol–water partition coefficient (Wildman–Crippen LogP) is 5.48. The van der Waals surface area contributed by atoms with Crippen molar-refractivity contribution in [3.05, 3.63) is 117 Å². The number of methoxy groups -OCH3 is 4. The topological polar surface area (TPSA) is 89.5 Å². The third-order valence-electron chi connectivity index (χ3n) is 7.77. The molecule has 4 aromatic carbocycles. The van der Waals surface area contributed by atoms with Crippen LogP contribution >= 0.6 is 0 Å². The number of fused-ring (bicyclic) bond motifs is 8. The smallest absolute Gasteiger partial charge is 0.343 e.